The molecule has 170 valence electrons. The Morgan fingerprint density at radius 3 is 2.50 bits per heavy atom. The number of rotatable bonds is 11. The van der Waals surface area contributed by atoms with E-state index in [0.29, 0.717) is 38.8 Å². The lowest BCUT2D eigenvalue weighted by atomic mass is 10.1. The SMILES string of the molecule is CC(NC(=O)C1CCCN1C(=O)C(CS)NC(=O)C(N)CCCN=C(N)N)C(=O)O. The lowest BCUT2D eigenvalue weighted by molar-refractivity contribution is -0.144. The fourth-order valence-electron chi connectivity index (χ4n) is 2.99. The van der Waals surface area contributed by atoms with Gasteiger partial charge in [-0.25, -0.2) is 0 Å². The molecule has 1 aliphatic rings. The molecule has 0 spiro atoms. The van der Waals surface area contributed by atoms with Gasteiger partial charge in [-0.05, 0) is 32.6 Å². The van der Waals surface area contributed by atoms with Crippen molar-refractivity contribution in [2.45, 2.75) is 56.8 Å². The van der Waals surface area contributed by atoms with E-state index in [1.54, 1.807) is 0 Å². The minimum Gasteiger partial charge on any atom is -0.480 e. The summed E-state index contributed by atoms with van der Waals surface area (Å²) in [7, 11) is 0. The summed E-state index contributed by atoms with van der Waals surface area (Å²) in [6.45, 7) is 1.99. The molecule has 0 aromatic heterocycles. The van der Waals surface area contributed by atoms with Gasteiger partial charge >= 0.3 is 5.97 Å². The number of guanidine groups is 1. The highest BCUT2D eigenvalue weighted by atomic mass is 32.1. The Balaban J connectivity index is 2.67. The van der Waals surface area contributed by atoms with Crippen molar-refractivity contribution in [2.75, 3.05) is 18.8 Å². The molecule has 0 saturated carbocycles. The van der Waals surface area contributed by atoms with E-state index in [-0.39, 0.29) is 11.7 Å². The number of carbonyl (C=O) groups excluding carboxylic acids is 3. The fourth-order valence-corrected chi connectivity index (χ4v) is 3.24. The van der Waals surface area contributed by atoms with Gasteiger partial charge < -0.3 is 37.8 Å². The van der Waals surface area contributed by atoms with Gasteiger partial charge in [0.15, 0.2) is 5.96 Å². The second-order valence-corrected chi connectivity index (χ2v) is 7.42. The van der Waals surface area contributed by atoms with Gasteiger partial charge in [-0.15, -0.1) is 0 Å². The largest absolute Gasteiger partial charge is 0.480 e. The summed E-state index contributed by atoms with van der Waals surface area (Å²) in [6.07, 6.45) is 1.80. The minimum atomic E-state index is -1.17. The highest BCUT2D eigenvalue weighted by molar-refractivity contribution is 7.80. The van der Waals surface area contributed by atoms with E-state index in [9.17, 15) is 19.2 Å². The normalized spacial score (nSPS) is 18.8. The summed E-state index contributed by atoms with van der Waals surface area (Å²) < 4.78 is 0. The van der Waals surface area contributed by atoms with Crippen LogP contribution in [0.25, 0.3) is 0 Å². The molecule has 30 heavy (non-hydrogen) atoms. The third kappa shape index (κ3) is 7.71. The van der Waals surface area contributed by atoms with Crippen molar-refractivity contribution in [1.29, 1.82) is 0 Å². The topological polar surface area (TPSA) is 206 Å². The first-order chi connectivity index (χ1) is 14.1. The summed E-state index contributed by atoms with van der Waals surface area (Å²) in [6, 6.07) is -3.70. The quantitative estimate of drug-likeness (QED) is 0.0772. The van der Waals surface area contributed by atoms with Gasteiger partial charge in [0, 0.05) is 18.8 Å². The summed E-state index contributed by atoms with van der Waals surface area (Å²) >= 11 is 4.14. The Bertz CT molecular complexity index is 671. The second kappa shape index (κ2) is 12.2. The van der Waals surface area contributed by atoms with E-state index in [0.717, 1.165) is 0 Å². The highest BCUT2D eigenvalue weighted by Crippen LogP contribution is 2.19. The third-order valence-electron chi connectivity index (χ3n) is 4.67. The van der Waals surface area contributed by atoms with Crippen LogP contribution in [0.15, 0.2) is 4.99 Å². The van der Waals surface area contributed by atoms with Crippen LogP contribution in [0.4, 0.5) is 0 Å². The molecular weight excluding hydrogens is 414 g/mol. The van der Waals surface area contributed by atoms with E-state index < -0.39 is 47.9 Å². The summed E-state index contributed by atoms with van der Waals surface area (Å²) in [5, 5.41) is 13.9. The van der Waals surface area contributed by atoms with Crippen LogP contribution in [0, 0.1) is 0 Å². The zero-order valence-electron chi connectivity index (χ0n) is 16.9. The van der Waals surface area contributed by atoms with Gasteiger partial charge in [-0.3, -0.25) is 24.2 Å². The maximum absolute atomic E-state index is 12.9. The van der Waals surface area contributed by atoms with Gasteiger partial charge in [0.05, 0.1) is 6.04 Å². The van der Waals surface area contributed by atoms with Gasteiger partial charge in [-0.1, -0.05) is 0 Å². The second-order valence-electron chi connectivity index (χ2n) is 7.06. The van der Waals surface area contributed by atoms with Crippen molar-refractivity contribution in [3.8, 4) is 0 Å². The van der Waals surface area contributed by atoms with Crippen LogP contribution >= 0.6 is 12.6 Å². The Kier molecular flexibility index (Phi) is 10.4. The molecule has 1 rings (SSSR count). The zero-order chi connectivity index (χ0) is 22.8. The number of nitrogens with one attached hydrogen (secondary N) is 2. The zero-order valence-corrected chi connectivity index (χ0v) is 17.8. The number of likely N-dealkylation sites (tertiary alicyclic amines) is 1. The number of carboxylic acids is 1. The number of hydrogen-bond donors (Lipinski definition) is 7. The molecule has 1 heterocycles. The molecule has 0 radical (unpaired) electrons. The number of carbonyl (C=O) groups is 4. The van der Waals surface area contributed by atoms with Gasteiger partial charge in [0.2, 0.25) is 17.7 Å². The molecule has 13 heteroatoms. The first-order valence-corrected chi connectivity index (χ1v) is 10.3. The molecule has 4 unspecified atom stereocenters. The molecule has 1 fully saturated rings. The van der Waals surface area contributed by atoms with Crippen molar-refractivity contribution in [1.82, 2.24) is 15.5 Å². The van der Waals surface area contributed by atoms with Crippen LogP contribution in [-0.2, 0) is 19.2 Å². The maximum Gasteiger partial charge on any atom is 0.325 e. The van der Waals surface area contributed by atoms with Crippen molar-refractivity contribution in [2.24, 2.45) is 22.2 Å². The molecule has 0 aliphatic carbocycles. The van der Waals surface area contributed by atoms with Crippen molar-refractivity contribution in [3.05, 3.63) is 0 Å². The summed E-state index contributed by atoms with van der Waals surface area (Å²) in [4.78, 5) is 53.7. The molecule has 12 nitrogen and oxygen atoms in total. The van der Waals surface area contributed by atoms with E-state index >= 15 is 0 Å². The third-order valence-corrected chi connectivity index (χ3v) is 5.03. The van der Waals surface area contributed by atoms with E-state index in [4.69, 9.17) is 22.3 Å². The van der Waals surface area contributed by atoms with E-state index in [2.05, 4.69) is 28.3 Å². The van der Waals surface area contributed by atoms with Crippen LogP contribution in [-0.4, -0.2) is 82.7 Å². The molecule has 9 N–H and O–H groups in total. The summed E-state index contributed by atoms with van der Waals surface area (Å²) in [5.41, 5.74) is 16.3. The smallest absolute Gasteiger partial charge is 0.325 e. The van der Waals surface area contributed by atoms with Crippen LogP contribution in [0.1, 0.15) is 32.6 Å². The molecule has 3 amide bonds. The predicted molar refractivity (Wildman–Crippen MR) is 114 cm³/mol. The average molecular weight is 446 g/mol. The lowest BCUT2D eigenvalue weighted by Gasteiger charge is -2.29. The van der Waals surface area contributed by atoms with Crippen LogP contribution in [0.5, 0.6) is 0 Å². The Morgan fingerprint density at radius 2 is 1.93 bits per heavy atom. The Labute approximate surface area is 180 Å². The average Bonchev–Trinajstić information content (AvgIpc) is 3.18. The molecule has 4 atom stereocenters. The standard InChI is InChI=1S/C17H31N7O5S/c1-9(16(28)29)22-14(26)12-5-3-7-24(12)15(27)11(8-30)23-13(25)10(18)4-2-6-21-17(19)20/h9-12,30H,2-8,18H2,1H3,(H,22,26)(H,23,25)(H,28,29)(H4,19,20,21). The number of thiol groups is 1. The van der Waals surface area contributed by atoms with Gasteiger partial charge in [0.25, 0.3) is 0 Å². The number of nitrogens with zero attached hydrogens (tertiary/aromatic N) is 2. The van der Waals surface area contributed by atoms with Crippen LogP contribution < -0.4 is 27.8 Å². The first-order valence-electron chi connectivity index (χ1n) is 9.64. The van der Waals surface area contributed by atoms with Crippen LogP contribution in [0.2, 0.25) is 0 Å². The number of hydrogen-bond acceptors (Lipinski definition) is 7. The highest BCUT2D eigenvalue weighted by Gasteiger charge is 2.38. The van der Waals surface area contributed by atoms with Crippen molar-refractivity contribution < 1.29 is 24.3 Å². The van der Waals surface area contributed by atoms with E-state index in [1.165, 1.54) is 11.8 Å². The minimum absolute atomic E-state index is 0.0155. The van der Waals surface area contributed by atoms with Gasteiger partial charge in [0.1, 0.15) is 18.1 Å². The molecule has 0 bridgehead atoms. The number of aliphatic carboxylic acids is 1. The maximum atomic E-state index is 12.9. The fraction of sp³-hybridized carbons (Fsp3) is 0.706. The monoisotopic (exact) mass is 445 g/mol. The van der Waals surface area contributed by atoms with Crippen LogP contribution in [0.3, 0.4) is 0 Å². The molecule has 1 saturated heterocycles. The number of aliphatic imine (C=N–C) groups is 1. The molecular formula is C17H31N7O5S. The van der Waals surface area contributed by atoms with Crippen molar-refractivity contribution >= 4 is 42.3 Å². The van der Waals surface area contributed by atoms with E-state index in [1.807, 2.05) is 0 Å². The number of nitrogens with two attached hydrogens (primary N) is 3. The summed E-state index contributed by atoms with van der Waals surface area (Å²) in [5.74, 6) is -2.74. The molecule has 1 aliphatic heterocycles. The Hall–Kier alpha value is -2.54. The van der Waals surface area contributed by atoms with Gasteiger partial charge in [-0.2, -0.15) is 12.6 Å². The van der Waals surface area contributed by atoms with Crippen molar-refractivity contribution in [3.63, 3.8) is 0 Å². The predicted octanol–water partition coefficient (Wildman–Crippen LogP) is -2.64. The molecule has 0 aromatic rings. The number of amides is 3. The Morgan fingerprint density at radius 1 is 1.27 bits per heavy atom. The lowest BCUT2D eigenvalue weighted by Crippen LogP contribution is -2.57. The number of carboxylic acid groups (broad SMARTS) is 1. The first kappa shape index (κ1) is 25.5. The molecule has 0 aromatic carbocycles.